The number of hydrogen-bond acceptors (Lipinski definition) is 2. The number of rotatable bonds is 7. The van der Waals surface area contributed by atoms with Crippen LogP contribution in [0, 0.1) is 5.92 Å². The molecule has 0 bridgehead atoms. The van der Waals surface area contributed by atoms with Crippen LogP contribution >= 0.6 is 0 Å². The maximum absolute atomic E-state index is 6.18. The molecule has 21 heavy (non-hydrogen) atoms. The van der Waals surface area contributed by atoms with Gasteiger partial charge in [-0.05, 0) is 57.6 Å². The molecule has 1 fully saturated rings. The van der Waals surface area contributed by atoms with Crippen molar-refractivity contribution in [3.8, 4) is 0 Å². The van der Waals surface area contributed by atoms with E-state index < -0.39 is 0 Å². The van der Waals surface area contributed by atoms with Gasteiger partial charge in [0.25, 0.3) is 0 Å². The van der Waals surface area contributed by atoms with Crippen molar-refractivity contribution in [2.75, 3.05) is 6.54 Å². The fraction of sp³-hybridized carbons (Fsp3) is 0.684. The van der Waals surface area contributed by atoms with Gasteiger partial charge in [0.05, 0.1) is 11.7 Å². The number of benzene rings is 1. The Morgan fingerprint density at radius 1 is 1.29 bits per heavy atom. The van der Waals surface area contributed by atoms with Crippen LogP contribution in [0.2, 0.25) is 0 Å². The maximum Gasteiger partial charge on any atom is 0.0631 e. The molecule has 2 rings (SSSR count). The summed E-state index contributed by atoms with van der Waals surface area (Å²) in [5.41, 5.74) is 1.47. The van der Waals surface area contributed by atoms with Crippen molar-refractivity contribution in [2.24, 2.45) is 5.92 Å². The van der Waals surface area contributed by atoms with Gasteiger partial charge in [0.15, 0.2) is 0 Å². The highest BCUT2D eigenvalue weighted by Crippen LogP contribution is 2.35. The fourth-order valence-electron chi connectivity index (χ4n) is 3.40. The van der Waals surface area contributed by atoms with E-state index in [-0.39, 0.29) is 5.60 Å². The van der Waals surface area contributed by atoms with Crippen molar-refractivity contribution in [1.29, 1.82) is 0 Å². The van der Waals surface area contributed by atoms with Gasteiger partial charge < -0.3 is 10.1 Å². The van der Waals surface area contributed by atoms with E-state index in [0.29, 0.717) is 18.1 Å². The van der Waals surface area contributed by atoms with Crippen molar-refractivity contribution in [2.45, 2.75) is 71.1 Å². The molecule has 0 amide bonds. The number of ether oxygens (including phenoxy) is 1. The van der Waals surface area contributed by atoms with Crippen molar-refractivity contribution < 1.29 is 4.74 Å². The van der Waals surface area contributed by atoms with Crippen molar-refractivity contribution in [1.82, 2.24) is 5.32 Å². The van der Waals surface area contributed by atoms with Crippen LogP contribution in [0.3, 0.4) is 0 Å². The smallest absolute Gasteiger partial charge is 0.0631 e. The summed E-state index contributed by atoms with van der Waals surface area (Å²) >= 11 is 0. The van der Waals surface area contributed by atoms with Gasteiger partial charge in [0.1, 0.15) is 0 Å². The van der Waals surface area contributed by atoms with E-state index in [2.05, 4.69) is 63.3 Å². The highest BCUT2D eigenvalue weighted by Gasteiger charge is 2.33. The van der Waals surface area contributed by atoms with Gasteiger partial charge in [-0.1, -0.05) is 44.2 Å². The molecule has 0 saturated carbocycles. The second-order valence-corrected chi connectivity index (χ2v) is 7.09. The van der Waals surface area contributed by atoms with E-state index in [1.165, 1.54) is 24.8 Å². The van der Waals surface area contributed by atoms with Gasteiger partial charge >= 0.3 is 0 Å². The van der Waals surface area contributed by atoms with Gasteiger partial charge in [-0.25, -0.2) is 0 Å². The highest BCUT2D eigenvalue weighted by molar-refractivity contribution is 5.19. The molecule has 1 aromatic carbocycles. The second-order valence-electron chi connectivity index (χ2n) is 7.09. The molecule has 2 nitrogen and oxygen atoms in total. The van der Waals surface area contributed by atoms with Gasteiger partial charge in [-0.2, -0.15) is 0 Å². The first-order chi connectivity index (χ1) is 10.0. The summed E-state index contributed by atoms with van der Waals surface area (Å²) in [5.74, 6) is 0.581. The Kier molecular flexibility index (Phi) is 5.83. The van der Waals surface area contributed by atoms with Crippen LogP contribution in [0.15, 0.2) is 30.3 Å². The zero-order valence-electron chi connectivity index (χ0n) is 14.1. The molecule has 1 aromatic rings. The molecule has 1 saturated heterocycles. The fourth-order valence-corrected chi connectivity index (χ4v) is 3.40. The van der Waals surface area contributed by atoms with Gasteiger partial charge in [0, 0.05) is 6.04 Å². The summed E-state index contributed by atoms with van der Waals surface area (Å²) in [6, 6.07) is 11.3. The first kappa shape index (κ1) is 16.5. The molecule has 3 atom stereocenters. The quantitative estimate of drug-likeness (QED) is 0.785. The summed E-state index contributed by atoms with van der Waals surface area (Å²) in [7, 11) is 0. The minimum absolute atomic E-state index is 0.0729. The van der Waals surface area contributed by atoms with Crippen molar-refractivity contribution in [3.63, 3.8) is 0 Å². The lowest BCUT2D eigenvalue weighted by Crippen LogP contribution is -2.30. The molecule has 1 aliphatic rings. The third-order valence-corrected chi connectivity index (χ3v) is 4.53. The van der Waals surface area contributed by atoms with Gasteiger partial charge in [-0.3, -0.25) is 0 Å². The van der Waals surface area contributed by atoms with E-state index >= 15 is 0 Å². The topological polar surface area (TPSA) is 21.3 Å². The van der Waals surface area contributed by atoms with Crippen molar-refractivity contribution >= 4 is 0 Å². The molecule has 1 aliphatic heterocycles. The van der Waals surface area contributed by atoms with Crippen LogP contribution in [-0.4, -0.2) is 18.2 Å². The Hall–Kier alpha value is -0.860. The largest absolute Gasteiger partial charge is 0.372 e. The normalized spacial score (nSPS) is 23.9. The Morgan fingerprint density at radius 3 is 2.57 bits per heavy atom. The highest BCUT2D eigenvalue weighted by atomic mass is 16.5. The maximum atomic E-state index is 6.18. The predicted molar refractivity (Wildman–Crippen MR) is 89.4 cm³/mol. The van der Waals surface area contributed by atoms with Gasteiger partial charge in [-0.15, -0.1) is 0 Å². The molecule has 0 radical (unpaired) electrons. The molecule has 2 heteroatoms. The summed E-state index contributed by atoms with van der Waals surface area (Å²) in [4.78, 5) is 0. The molecule has 118 valence electrons. The molecule has 0 aliphatic carbocycles. The molecule has 3 unspecified atom stereocenters. The minimum atomic E-state index is 0.0729. The van der Waals surface area contributed by atoms with Crippen LogP contribution in [-0.2, 0) is 4.74 Å². The van der Waals surface area contributed by atoms with Crippen LogP contribution in [0.4, 0.5) is 0 Å². The first-order valence-electron chi connectivity index (χ1n) is 8.48. The van der Waals surface area contributed by atoms with E-state index in [1.54, 1.807) is 0 Å². The lowest BCUT2D eigenvalue weighted by Gasteiger charge is -2.28. The molecule has 0 spiro atoms. The minimum Gasteiger partial charge on any atom is -0.372 e. The van der Waals surface area contributed by atoms with Crippen molar-refractivity contribution in [3.05, 3.63) is 35.9 Å². The van der Waals surface area contributed by atoms with Crippen LogP contribution in [0.5, 0.6) is 0 Å². The molecular formula is C19H31NO. The standard InChI is InChI=1S/C19H31NO/c1-5-13-20-18(16-9-7-6-8-10-16)15(2)14-17-11-12-19(3,4)21-17/h6-10,15,17-18,20H,5,11-14H2,1-4H3. The van der Waals surface area contributed by atoms with Crippen LogP contribution in [0.1, 0.15) is 65.0 Å². The van der Waals surface area contributed by atoms with E-state index in [9.17, 15) is 0 Å². The predicted octanol–water partition coefficient (Wildman–Crippen LogP) is 4.71. The molecule has 1 heterocycles. The van der Waals surface area contributed by atoms with E-state index in [4.69, 9.17) is 4.74 Å². The number of hydrogen-bond donors (Lipinski definition) is 1. The van der Waals surface area contributed by atoms with E-state index in [1.807, 2.05) is 0 Å². The first-order valence-corrected chi connectivity index (χ1v) is 8.48. The van der Waals surface area contributed by atoms with Gasteiger partial charge in [0.2, 0.25) is 0 Å². The lowest BCUT2D eigenvalue weighted by molar-refractivity contribution is -0.0256. The SMILES string of the molecule is CCCNC(c1ccccc1)C(C)CC1CCC(C)(C)O1. The summed E-state index contributed by atoms with van der Waals surface area (Å²) in [6.07, 6.45) is 5.11. The zero-order valence-corrected chi connectivity index (χ0v) is 14.1. The average molecular weight is 289 g/mol. The molecule has 1 N–H and O–H groups in total. The summed E-state index contributed by atoms with van der Waals surface area (Å²) in [5, 5.41) is 3.72. The third-order valence-electron chi connectivity index (χ3n) is 4.53. The van der Waals surface area contributed by atoms with Crippen LogP contribution in [0.25, 0.3) is 0 Å². The Balaban J connectivity index is 1.99. The Bertz CT molecular complexity index is 415. The lowest BCUT2D eigenvalue weighted by atomic mass is 9.89. The Morgan fingerprint density at radius 2 is 2.00 bits per heavy atom. The zero-order chi connectivity index (χ0) is 15.3. The second kappa shape index (κ2) is 7.42. The average Bonchev–Trinajstić information content (AvgIpc) is 2.79. The monoisotopic (exact) mass is 289 g/mol. The third kappa shape index (κ3) is 4.82. The van der Waals surface area contributed by atoms with E-state index in [0.717, 1.165) is 13.0 Å². The summed E-state index contributed by atoms with van der Waals surface area (Å²) < 4.78 is 6.18. The molecule has 0 aromatic heterocycles. The molecular weight excluding hydrogens is 258 g/mol. The van der Waals surface area contributed by atoms with Crippen LogP contribution < -0.4 is 5.32 Å². The Labute approximate surface area is 130 Å². The summed E-state index contributed by atoms with van der Waals surface area (Å²) in [6.45, 7) is 10.1. The number of nitrogens with one attached hydrogen (secondary N) is 1.